The van der Waals surface area contributed by atoms with Gasteiger partial charge in [-0.1, -0.05) is 22.6 Å². The molecule has 0 aliphatic heterocycles. The number of rotatable bonds is 22. The fraction of sp³-hybridized carbons (Fsp3) is 0.634. The van der Waals surface area contributed by atoms with Crippen molar-refractivity contribution in [2.45, 2.75) is 138 Å². The summed E-state index contributed by atoms with van der Waals surface area (Å²) in [6.07, 6.45) is 10.4. The summed E-state index contributed by atoms with van der Waals surface area (Å²) in [7, 11) is 0. The van der Waals surface area contributed by atoms with Gasteiger partial charge < -0.3 is 52.7 Å². The summed E-state index contributed by atoms with van der Waals surface area (Å²) < 4.78 is 4.78. The molecule has 0 atom stereocenters. The summed E-state index contributed by atoms with van der Waals surface area (Å²) >= 11 is 0. The number of hydrogen-bond acceptors (Lipinski definition) is 19. The van der Waals surface area contributed by atoms with Crippen molar-refractivity contribution in [2.75, 3.05) is 32.7 Å². The highest BCUT2D eigenvalue weighted by molar-refractivity contribution is 5.79. The van der Waals surface area contributed by atoms with Crippen LogP contribution in [0.5, 0.6) is 0 Å². The first-order chi connectivity index (χ1) is 30.4. The van der Waals surface area contributed by atoms with Gasteiger partial charge in [0.05, 0.1) is 75.5 Å². The largest absolute Gasteiger partial charge is 0.399 e. The Hall–Kier alpha value is -6.31. The minimum absolute atomic E-state index is 0.0110. The van der Waals surface area contributed by atoms with Gasteiger partial charge in [-0.25, -0.2) is 31.6 Å². The Kier molecular flexibility index (Phi) is 18.2. The molecule has 0 aromatic carbocycles. The van der Waals surface area contributed by atoms with Crippen LogP contribution in [0.3, 0.4) is 0 Å². The van der Waals surface area contributed by atoms with Gasteiger partial charge in [0.2, 0.25) is 17.7 Å². The molecule has 3 aromatic rings. The maximum Gasteiger partial charge on any atom is 0.245 e. The molecular formula is C41H76N22O3. The molecule has 0 unspecified atom stereocenters. The maximum absolute atomic E-state index is 13.9. The van der Waals surface area contributed by atoms with E-state index in [4.69, 9.17) is 40.5 Å². The third-order valence-electron chi connectivity index (χ3n) is 10.3. The average molecular weight is 925 g/mol. The number of nitrogens with two attached hydrogens (primary N) is 7. The van der Waals surface area contributed by atoms with E-state index in [2.05, 4.69) is 30.9 Å². The molecule has 3 amide bonds. The van der Waals surface area contributed by atoms with Crippen LogP contribution in [0, 0.1) is 0 Å². The third-order valence-corrected chi connectivity index (χ3v) is 10.3. The lowest BCUT2D eigenvalue weighted by molar-refractivity contribution is -0.133. The van der Waals surface area contributed by atoms with Crippen LogP contribution < -0.4 is 40.5 Å². The minimum atomic E-state index is -0.450. The smallest absolute Gasteiger partial charge is 0.245 e. The number of nitrogens with zero attached hydrogens (tertiary/aromatic N) is 15. The van der Waals surface area contributed by atoms with E-state index in [-0.39, 0.29) is 87.1 Å². The highest BCUT2D eigenvalue weighted by atomic mass is 16.2. The Bertz CT molecular complexity index is 2160. The molecule has 0 aliphatic carbocycles. The molecule has 0 aliphatic rings. The van der Waals surface area contributed by atoms with Crippen LogP contribution >= 0.6 is 0 Å². The second kappa shape index (κ2) is 22.3. The van der Waals surface area contributed by atoms with Gasteiger partial charge in [-0.05, 0) is 82.6 Å². The Morgan fingerprint density at radius 2 is 0.985 bits per heavy atom. The van der Waals surface area contributed by atoms with Crippen molar-refractivity contribution < 1.29 is 14.4 Å². The molecule has 66 heavy (non-hydrogen) atoms. The van der Waals surface area contributed by atoms with Gasteiger partial charge in [-0.2, -0.15) is 0 Å². The van der Waals surface area contributed by atoms with Gasteiger partial charge in [0.1, 0.15) is 30.2 Å². The highest BCUT2D eigenvalue weighted by Crippen LogP contribution is 2.18. The molecule has 14 N–H and O–H groups in total. The molecule has 25 heteroatoms. The van der Waals surface area contributed by atoms with Crippen molar-refractivity contribution in [3.05, 3.63) is 71.4 Å². The van der Waals surface area contributed by atoms with Crippen molar-refractivity contribution in [3.8, 4) is 0 Å². The highest BCUT2D eigenvalue weighted by Gasteiger charge is 2.25. The average Bonchev–Trinajstić information content (AvgIpc) is 3.98. The summed E-state index contributed by atoms with van der Waals surface area (Å²) in [6, 6.07) is 0. The predicted octanol–water partition coefficient (Wildman–Crippen LogP) is -0.770. The summed E-state index contributed by atoms with van der Waals surface area (Å²) in [5.41, 5.74) is 25.8. The SMILES string of the molecule is CCC(C)(C)N(N)/C=C(\N)CN(Cc1cn(C(C)(C)C)nn1)C(=O)Cn1cc(CN(C/C(N)=C/N(N)CC(=O)N(C/C(N)=C/N(N)C(C)(C)C)Cc2cn(C(C)(C)C)nn2)C(=O)CN)nn1. The summed E-state index contributed by atoms with van der Waals surface area (Å²) in [5.74, 6) is 17.6. The summed E-state index contributed by atoms with van der Waals surface area (Å²) in [6.45, 7) is 22.9. The number of hydrazine groups is 3. The van der Waals surface area contributed by atoms with E-state index in [9.17, 15) is 14.4 Å². The Labute approximate surface area is 388 Å². The van der Waals surface area contributed by atoms with Gasteiger partial charge in [0.15, 0.2) is 0 Å². The normalized spacial score (nSPS) is 13.2. The predicted molar refractivity (Wildman–Crippen MR) is 249 cm³/mol. The molecule has 25 nitrogen and oxygen atoms in total. The van der Waals surface area contributed by atoms with Crippen LogP contribution in [-0.4, -0.2) is 136 Å². The third kappa shape index (κ3) is 16.6. The lowest BCUT2D eigenvalue weighted by Crippen LogP contribution is -2.45. The van der Waals surface area contributed by atoms with E-state index in [0.717, 1.165) is 11.4 Å². The molecule has 368 valence electrons. The zero-order valence-corrected chi connectivity index (χ0v) is 41.0. The van der Waals surface area contributed by atoms with Gasteiger partial charge in [-0.15, -0.1) is 15.3 Å². The second-order valence-electron chi connectivity index (χ2n) is 19.9. The van der Waals surface area contributed by atoms with E-state index < -0.39 is 17.4 Å². The first-order valence-corrected chi connectivity index (χ1v) is 21.7. The zero-order chi connectivity index (χ0) is 49.9. The molecule has 0 saturated carbocycles. The van der Waals surface area contributed by atoms with Crippen molar-refractivity contribution in [1.82, 2.24) is 74.7 Å². The second-order valence-corrected chi connectivity index (χ2v) is 19.9. The van der Waals surface area contributed by atoms with Crippen LogP contribution in [0.1, 0.15) is 107 Å². The van der Waals surface area contributed by atoms with Crippen LogP contribution in [0.4, 0.5) is 0 Å². The fourth-order valence-corrected chi connectivity index (χ4v) is 5.74. The standard InChI is InChI=1S/C41H76N22O3/c1-13-41(11,12)61(48)20-31(45)17-57(23-34-26-63(54-51-34)40(8,9)10)37(66)28-59-24-32(49-52-59)21-55(35(64)14-42)15-29(43)18-58(46)27-36(65)56(16-30(44)19-60(47)38(2,3)4)22-33-25-62(53-50-33)39(5,6)7/h18-20,24-26H,13-17,21-23,27-28,42-48H2,1-12H3/b29-18-,30-19-,31-20-. The van der Waals surface area contributed by atoms with E-state index in [1.807, 2.05) is 83.1 Å². The Balaban J connectivity index is 1.77. The van der Waals surface area contributed by atoms with Gasteiger partial charge >= 0.3 is 0 Å². The number of hydrogen-bond donors (Lipinski definition) is 7. The number of aromatic nitrogens is 9. The quantitative estimate of drug-likeness (QED) is 0.0480. The monoisotopic (exact) mass is 925 g/mol. The van der Waals surface area contributed by atoms with Crippen LogP contribution in [0.25, 0.3) is 0 Å². The van der Waals surface area contributed by atoms with Crippen molar-refractivity contribution >= 4 is 17.7 Å². The van der Waals surface area contributed by atoms with E-state index >= 15 is 0 Å². The first-order valence-electron chi connectivity index (χ1n) is 21.7. The lowest BCUT2D eigenvalue weighted by atomic mass is 10.0. The van der Waals surface area contributed by atoms with E-state index in [0.29, 0.717) is 28.5 Å². The van der Waals surface area contributed by atoms with Crippen LogP contribution in [-0.2, 0) is 51.6 Å². The summed E-state index contributed by atoms with van der Waals surface area (Å²) in [5, 5.41) is 29.5. The molecule has 0 saturated heterocycles. The molecule has 3 rings (SSSR count). The molecular weight excluding hydrogens is 849 g/mol. The van der Waals surface area contributed by atoms with Crippen molar-refractivity contribution in [2.24, 2.45) is 40.5 Å². The van der Waals surface area contributed by atoms with E-state index in [1.165, 1.54) is 35.6 Å². The van der Waals surface area contributed by atoms with Gasteiger partial charge in [0.25, 0.3) is 0 Å². The Morgan fingerprint density at radius 1 is 0.576 bits per heavy atom. The lowest BCUT2D eigenvalue weighted by Gasteiger charge is -2.33. The number of amides is 3. The Morgan fingerprint density at radius 3 is 1.41 bits per heavy atom. The fourth-order valence-electron chi connectivity index (χ4n) is 5.74. The van der Waals surface area contributed by atoms with Crippen LogP contribution in [0.15, 0.2) is 54.3 Å². The molecule has 0 fully saturated rings. The first kappa shape index (κ1) is 54.0. The number of carbonyl (C=O) groups is 3. The van der Waals surface area contributed by atoms with Crippen molar-refractivity contribution in [3.63, 3.8) is 0 Å². The van der Waals surface area contributed by atoms with Crippen molar-refractivity contribution in [1.29, 1.82) is 0 Å². The topological polar surface area (TPSA) is 345 Å². The summed E-state index contributed by atoms with van der Waals surface area (Å²) in [4.78, 5) is 45.1. The molecule has 0 bridgehead atoms. The molecule has 0 radical (unpaired) electrons. The molecule has 0 spiro atoms. The van der Waals surface area contributed by atoms with Gasteiger partial charge in [-0.3, -0.25) is 14.4 Å². The molecule has 3 aromatic heterocycles. The van der Waals surface area contributed by atoms with Gasteiger partial charge in [0, 0.05) is 46.8 Å². The minimum Gasteiger partial charge on any atom is -0.399 e. The zero-order valence-electron chi connectivity index (χ0n) is 41.0. The maximum atomic E-state index is 13.9. The number of carbonyl (C=O) groups excluding carboxylic acids is 3. The van der Waals surface area contributed by atoms with E-state index in [1.54, 1.807) is 40.4 Å². The molecule has 3 heterocycles. The van der Waals surface area contributed by atoms with Crippen LogP contribution in [0.2, 0.25) is 0 Å².